The summed E-state index contributed by atoms with van der Waals surface area (Å²) in [4.78, 5) is 7.69. The van der Waals surface area contributed by atoms with Crippen molar-refractivity contribution in [1.82, 2.24) is 15.3 Å². The number of aromatic nitrogens is 2. The zero-order chi connectivity index (χ0) is 13.5. The summed E-state index contributed by atoms with van der Waals surface area (Å²) in [6.07, 6.45) is 0.689. The molecule has 1 unspecified atom stereocenters. The molecule has 1 aromatic carbocycles. The highest BCUT2D eigenvalue weighted by atomic mass is 79.9. The van der Waals surface area contributed by atoms with Crippen LogP contribution in [0.15, 0.2) is 22.7 Å². The second kappa shape index (κ2) is 4.88. The predicted octanol–water partition coefficient (Wildman–Crippen LogP) is 1.60. The lowest BCUT2D eigenvalue weighted by Gasteiger charge is -2.08. The minimum Gasteiger partial charge on any atom is -0.341 e. The van der Waals surface area contributed by atoms with Gasteiger partial charge in [0.25, 0.3) is 0 Å². The van der Waals surface area contributed by atoms with Crippen LogP contribution in [0.2, 0.25) is 0 Å². The van der Waals surface area contributed by atoms with E-state index >= 15 is 0 Å². The Morgan fingerprint density at radius 3 is 3.05 bits per heavy atom. The number of aromatic amines is 1. The van der Waals surface area contributed by atoms with Gasteiger partial charge in [-0.25, -0.2) is 13.4 Å². The van der Waals surface area contributed by atoms with Crippen LogP contribution in [-0.4, -0.2) is 35.9 Å². The lowest BCUT2D eigenvalue weighted by atomic mass is 10.2. The Hall–Kier alpha value is -0.920. The number of H-pyrrole nitrogens is 1. The molecule has 19 heavy (non-hydrogen) atoms. The number of imidazole rings is 1. The molecular weight excluding hydrogens is 330 g/mol. The summed E-state index contributed by atoms with van der Waals surface area (Å²) in [5.74, 6) is 1.36. The van der Waals surface area contributed by atoms with Gasteiger partial charge in [0.1, 0.15) is 5.82 Å². The number of benzene rings is 1. The fraction of sp³-hybridized carbons (Fsp3) is 0.417. The van der Waals surface area contributed by atoms with E-state index in [-0.39, 0.29) is 17.5 Å². The van der Waals surface area contributed by atoms with Crippen LogP contribution < -0.4 is 5.32 Å². The molecule has 0 spiro atoms. The quantitative estimate of drug-likeness (QED) is 0.887. The van der Waals surface area contributed by atoms with E-state index in [1.54, 1.807) is 0 Å². The molecule has 1 aromatic heterocycles. The van der Waals surface area contributed by atoms with E-state index in [1.165, 1.54) is 0 Å². The predicted molar refractivity (Wildman–Crippen MR) is 77.7 cm³/mol. The number of fused-ring (bicyclic) bond motifs is 1. The van der Waals surface area contributed by atoms with Gasteiger partial charge in [-0.2, -0.15) is 0 Å². The van der Waals surface area contributed by atoms with Crippen LogP contribution in [0.4, 0.5) is 0 Å². The number of hydrogen-bond donors (Lipinski definition) is 2. The fourth-order valence-corrected chi connectivity index (χ4v) is 4.38. The van der Waals surface area contributed by atoms with E-state index in [4.69, 9.17) is 0 Å². The van der Waals surface area contributed by atoms with Crippen molar-refractivity contribution in [3.05, 3.63) is 28.5 Å². The van der Waals surface area contributed by atoms with Gasteiger partial charge >= 0.3 is 0 Å². The van der Waals surface area contributed by atoms with Gasteiger partial charge in [-0.15, -0.1) is 0 Å². The second-order valence-corrected chi connectivity index (χ2v) is 7.97. The van der Waals surface area contributed by atoms with Crippen LogP contribution >= 0.6 is 15.9 Å². The van der Waals surface area contributed by atoms with Crippen LogP contribution in [0.5, 0.6) is 0 Å². The van der Waals surface area contributed by atoms with Gasteiger partial charge in [0.05, 0.1) is 29.1 Å². The molecule has 7 heteroatoms. The Morgan fingerprint density at radius 2 is 2.32 bits per heavy atom. The van der Waals surface area contributed by atoms with Crippen LogP contribution in [0.25, 0.3) is 11.0 Å². The third-order valence-electron chi connectivity index (χ3n) is 3.28. The van der Waals surface area contributed by atoms with Crippen molar-refractivity contribution in [2.45, 2.75) is 19.0 Å². The van der Waals surface area contributed by atoms with Gasteiger partial charge in [-0.05, 0) is 24.6 Å². The summed E-state index contributed by atoms with van der Waals surface area (Å²) in [6, 6.07) is 5.92. The highest BCUT2D eigenvalue weighted by molar-refractivity contribution is 9.10. The average Bonchev–Trinajstić information content (AvgIpc) is 2.89. The average molecular weight is 344 g/mol. The Bertz CT molecular complexity index is 711. The normalized spacial score (nSPS) is 22.1. The Labute approximate surface area is 119 Å². The number of rotatable bonds is 3. The van der Waals surface area contributed by atoms with Gasteiger partial charge in [-0.3, -0.25) is 0 Å². The molecule has 3 rings (SSSR count). The molecule has 0 aliphatic carbocycles. The summed E-state index contributed by atoms with van der Waals surface area (Å²) in [7, 11) is -2.83. The van der Waals surface area contributed by atoms with Crippen molar-refractivity contribution in [2.24, 2.45) is 0 Å². The molecule has 1 atom stereocenters. The molecule has 1 aliphatic rings. The summed E-state index contributed by atoms with van der Waals surface area (Å²) >= 11 is 3.42. The van der Waals surface area contributed by atoms with E-state index in [1.807, 2.05) is 18.2 Å². The highest BCUT2D eigenvalue weighted by Gasteiger charge is 2.27. The molecule has 0 bridgehead atoms. The molecule has 2 heterocycles. The molecular formula is C12H14BrN3O2S. The summed E-state index contributed by atoms with van der Waals surface area (Å²) < 4.78 is 23.7. The molecule has 2 N–H and O–H groups in total. The minimum atomic E-state index is -2.83. The largest absolute Gasteiger partial charge is 0.341 e. The molecule has 5 nitrogen and oxygen atoms in total. The number of sulfone groups is 1. The van der Waals surface area contributed by atoms with Crippen LogP contribution in [0.3, 0.4) is 0 Å². The monoisotopic (exact) mass is 343 g/mol. The lowest BCUT2D eigenvalue weighted by molar-refractivity contribution is 0.544. The Balaban J connectivity index is 1.69. The Kier molecular flexibility index (Phi) is 3.36. The first-order valence-electron chi connectivity index (χ1n) is 6.10. The maximum atomic E-state index is 11.4. The standard InChI is InChI=1S/C12H14BrN3O2S/c13-8-1-2-10-11(5-8)16-12(15-10)6-14-9-3-4-19(17,18)7-9/h1-2,5,9,14H,3-4,6-7H2,(H,15,16). The molecule has 0 amide bonds. The van der Waals surface area contributed by atoms with E-state index in [0.717, 1.165) is 21.3 Å². The molecule has 0 radical (unpaired) electrons. The van der Waals surface area contributed by atoms with Gasteiger partial charge in [-0.1, -0.05) is 15.9 Å². The van der Waals surface area contributed by atoms with Crippen LogP contribution in [0.1, 0.15) is 12.2 Å². The number of nitrogens with one attached hydrogen (secondary N) is 2. The molecule has 1 aliphatic heterocycles. The molecule has 1 saturated heterocycles. The topological polar surface area (TPSA) is 74.8 Å². The first-order valence-corrected chi connectivity index (χ1v) is 8.71. The lowest BCUT2D eigenvalue weighted by Crippen LogP contribution is -2.29. The number of nitrogens with zero attached hydrogens (tertiary/aromatic N) is 1. The van der Waals surface area contributed by atoms with Crippen molar-refractivity contribution in [3.8, 4) is 0 Å². The second-order valence-electron chi connectivity index (χ2n) is 4.83. The zero-order valence-corrected chi connectivity index (χ0v) is 12.6. The van der Waals surface area contributed by atoms with Crippen molar-refractivity contribution in [1.29, 1.82) is 0 Å². The Morgan fingerprint density at radius 1 is 1.47 bits per heavy atom. The SMILES string of the molecule is O=S1(=O)CCC(NCc2nc3ccc(Br)cc3[nH]2)C1. The minimum absolute atomic E-state index is 0.0462. The van der Waals surface area contributed by atoms with Gasteiger partial charge in [0.2, 0.25) is 0 Å². The zero-order valence-electron chi connectivity index (χ0n) is 10.2. The summed E-state index contributed by atoms with van der Waals surface area (Å²) in [5.41, 5.74) is 1.89. The van der Waals surface area contributed by atoms with Crippen molar-refractivity contribution < 1.29 is 8.42 Å². The van der Waals surface area contributed by atoms with Crippen molar-refractivity contribution in [3.63, 3.8) is 0 Å². The van der Waals surface area contributed by atoms with Gasteiger partial charge < -0.3 is 10.3 Å². The first kappa shape index (κ1) is 13.1. The third kappa shape index (κ3) is 2.98. The molecule has 102 valence electrons. The molecule has 1 fully saturated rings. The first-order chi connectivity index (χ1) is 9.02. The van der Waals surface area contributed by atoms with E-state index in [0.29, 0.717) is 13.0 Å². The highest BCUT2D eigenvalue weighted by Crippen LogP contribution is 2.18. The maximum absolute atomic E-state index is 11.4. The van der Waals surface area contributed by atoms with Crippen molar-refractivity contribution in [2.75, 3.05) is 11.5 Å². The molecule has 2 aromatic rings. The van der Waals surface area contributed by atoms with Crippen LogP contribution in [-0.2, 0) is 16.4 Å². The number of hydrogen-bond acceptors (Lipinski definition) is 4. The summed E-state index contributed by atoms with van der Waals surface area (Å²) in [6.45, 7) is 0.562. The smallest absolute Gasteiger partial charge is 0.151 e. The summed E-state index contributed by atoms with van der Waals surface area (Å²) in [5, 5.41) is 3.24. The van der Waals surface area contributed by atoms with Crippen LogP contribution in [0, 0.1) is 0 Å². The third-order valence-corrected chi connectivity index (χ3v) is 5.54. The fourth-order valence-electron chi connectivity index (χ4n) is 2.32. The number of halogens is 1. The van der Waals surface area contributed by atoms with E-state index in [2.05, 4.69) is 31.2 Å². The van der Waals surface area contributed by atoms with E-state index in [9.17, 15) is 8.42 Å². The van der Waals surface area contributed by atoms with Gasteiger partial charge in [0, 0.05) is 10.5 Å². The van der Waals surface area contributed by atoms with E-state index < -0.39 is 9.84 Å². The van der Waals surface area contributed by atoms with Crippen molar-refractivity contribution >= 4 is 36.8 Å². The molecule has 0 saturated carbocycles. The maximum Gasteiger partial charge on any atom is 0.151 e. The van der Waals surface area contributed by atoms with Gasteiger partial charge in [0.15, 0.2) is 9.84 Å².